The van der Waals surface area contributed by atoms with Gasteiger partial charge in [-0.25, -0.2) is 4.39 Å². The highest BCUT2D eigenvalue weighted by Crippen LogP contribution is 2.22. The number of benzene rings is 1. The summed E-state index contributed by atoms with van der Waals surface area (Å²) in [6.07, 6.45) is 3.05. The van der Waals surface area contributed by atoms with Crippen molar-refractivity contribution in [1.82, 2.24) is 9.78 Å². The van der Waals surface area contributed by atoms with Gasteiger partial charge in [0.15, 0.2) is 0 Å². The molecular formula is C18H21ClFN3O. The minimum absolute atomic E-state index is 0.309. The molecule has 0 saturated heterocycles. The topological polar surface area (TPSA) is 46.9 Å². The molecule has 4 nitrogen and oxygen atoms in total. The van der Waals surface area contributed by atoms with Crippen LogP contribution in [0.2, 0.25) is 5.15 Å². The summed E-state index contributed by atoms with van der Waals surface area (Å²) in [7, 11) is 0. The first-order chi connectivity index (χ1) is 11.3. The molecule has 1 amide bonds. The summed E-state index contributed by atoms with van der Waals surface area (Å²) in [5.74, 6) is -0.221. The second-order valence-electron chi connectivity index (χ2n) is 6.15. The lowest BCUT2D eigenvalue weighted by Crippen LogP contribution is -2.09. The van der Waals surface area contributed by atoms with Crippen molar-refractivity contribution in [3.8, 4) is 0 Å². The molecule has 0 radical (unpaired) electrons. The Bertz CT molecular complexity index is 781. The molecule has 1 heterocycles. The SMILES string of the molecule is Cc1cc(F)ccc1NC(=O)/C=C/c1c(C)nn(CC(C)C)c1Cl. The number of carbonyl (C=O) groups excluding carboxylic acids is 1. The van der Waals surface area contributed by atoms with Gasteiger partial charge < -0.3 is 5.32 Å². The van der Waals surface area contributed by atoms with E-state index in [1.54, 1.807) is 17.7 Å². The second-order valence-corrected chi connectivity index (χ2v) is 6.51. The summed E-state index contributed by atoms with van der Waals surface area (Å²) in [6, 6.07) is 4.22. The van der Waals surface area contributed by atoms with Crippen LogP contribution >= 0.6 is 11.6 Å². The zero-order chi connectivity index (χ0) is 17.9. The predicted octanol–water partition coefficient (Wildman–Crippen LogP) is 4.60. The molecule has 0 unspecified atom stereocenters. The van der Waals surface area contributed by atoms with Crippen LogP contribution in [0.5, 0.6) is 0 Å². The van der Waals surface area contributed by atoms with Gasteiger partial charge in [-0.3, -0.25) is 9.48 Å². The van der Waals surface area contributed by atoms with Crippen LogP contribution in [-0.2, 0) is 11.3 Å². The maximum Gasteiger partial charge on any atom is 0.248 e. The van der Waals surface area contributed by atoms with Gasteiger partial charge in [0.1, 0.15) is 11.0 Å². The third-order valence-corrected chi connectivity index (χ3v) is 3.89. The largest absolute Gasteiger partial charge is 0.322 e. The number of rotatable bonds is 5. The van der Waals surface area contributed by atoms with Crippen LogP contribution in [0.4, 0.5) is 10.1 Å². The molecule has 0 atom stereocenters. The molecule has 0 fully saturated rings. The van der Waals surface area contributed by atoms with Crippen LogP contribution in [0.1, 0.15) is 30.7 Å². The van der Waals surface area contributed by atoms with E-state index >= 15 is 0 Å². The number of hydrogen-bond acceptors (Lipinski definition) is 2. The third-order valence-electron chi connectivity index (χ3n) is 3.50. The Hall–Kier alpha value is -2.14. The number of carbonyl (C=O) groups is 1. The molecule has 0 aliphatic heterocycles. The van der Waals surface area contributed by atoms with Gasteiger partial charge in [0, 0.05) is 23.9 Å². The van der Waals surface area contributed by atoms with Gasteiger partial charge in [-0.1, -0.05) is 25.4 Å². The van der Waals surface area contributed by atoms with Crippen molar-refractivity contribution in [1.29, 1.82) is 0 Å². The van der Waals surface area contributed by atoms with E-state index in [4.69, 9.17) is 11.6 Å². The molecule has 1 N–H and O–H groups in total. The molecule has 0 bridgehead atoms. The minimum atomic E-state index is -0.332. The van der Waals surface area contributed by atoms with Crippen molar-refractivity contribution in [2.24, 2.45) is 5.92 Å². The molecule has 0 aliphatic carbocycles. The van der Waals surface area contributed by atoms with Crippen molar-refractivity contribution >= 4 is 29.3 Å². The summed E-state index contributed by atoms with van der Waals surface area (Å²) in [6.45, 7) is 8.47. The minimum Gasteiger partial charge on any atom is -0.322 e. The average Bonchev–Trinajstić information content (AvgIpc) is 2.74. The van der Waals surface area contributed by atoms with Crippen molar-refractivity contribution in [2.75, 3.05) is 5.32 Å². The summed E-state index contributed by atoms with van der Waals surface area (Å²) in [5, 5.41) is 7.64. The molecule has 2 aromatic rings. The molecule has 0 aliphatic rings. The molecule has 24 heavy (non-hydrogen) atoms. The Labute approximate surface area is 146 Å². The Morgan fingerprint density at radius 2 is 2.12 bits per heavy atom. The lowest BCUT2D eigenvalue weighted by molar-refractivity contribution is -0.111. The third kappa shape index (κ3) is 4.45. The van der Waals surface area contributed by atoms with Gasteiger partial charge in [-0.15, -0.1) is 0 Å². The zero-order valence-corrected chi connectivity index (χ0v) is 15.0. The summed E-state index contributed by atoms with van der Waals surface area (Å²) in [5.41, 5.74) is 2.73. The van der Waals surface area contributed by atoms with Crippen molar-refractivity contribution in [3.05, 3.63) is 52.1 Å². The number of halogens is 2. The average molecular weight is 350 g/mol. The van der Waals surface area contributed by atoms with Crippen LogP contribution in [-0.4, -0.2) is 15.7 Å². The van der Waals surface area contributed by atoms with Gasteiger partial charge in [-0.05, 0) is 49.6 Å². The smallest absolute Gasteiger partial charge is 0.248 e. The van der Waals surface area contributed by atoms with Gasteiger partial charge in [0.05, 0.1) is 5.69 Å². The molecule has 0 spiro atoms. The number of aromatic nitrogens is 2. The number of anilines is 1. The summed E-state index contributed by atoms with van der Waals surface area (Å²) >= 11 is 6.34. The van der Waals surface area contributed by atoms with E-state index < -0.39 is 0 Å². The maximum absolute atomic E-state index is 13.1. The first-order valence-corrected chi connectivity index (χ1v) is 8.14. The summed E-state index contributed by atoms with van der Waals surface area (Å²) in [4.78, 5) is 12.1. The molecule has 128 valence electrons. The van der Waals surface area contributed by atoms with Crippen molar-refractivity contribution < 1.29 is 9.18 Å². The van der Waals surface area contributed by atoms with Crippen LogP contribution in [0.3, 0.4) is 0 Å². The van der Waals surface area contributed by atoms with E-state index in [1.807, 2.05) is 6.92 Å². The van der Waals surface area contributed by atoms with Crippen molar-refractivity contribution in [2.45, 2.75) is 34.2 Å². The van der Waals surface area contributed by atoms with E-state index in [0.29, 0.717) is 28.9 Å². The van der Waals surface area contributed by atoms with E-state index in [-0.39, 0.29) is 11.7 Å². The van der Waals surface area contributed by atoms with Crippen LogP contribution < -0.4 is 5.32 Å². The predicted molar refractivity (Wildman–Crippen MR) is 95.6 cm³/mol. The molecule has 0 saturated carbocycles. The number of nitrogens with zero attached hydrogens (tertiary/aromatic N) is 2. The first kappa shape index (κ1) is 18.2. The highest BCUT2D eigenvalue weighted by molar-refractivity contribution is 6.31. The molecule has 1 aromatic carbocycles. The monoisotopic (exact) mass is 349 g/mol. The fraction of sp³-hybridized carbons (Fsp3) is 0.333. The Balaban J connectivity index is 2.13. The van der Waals surface area contributed by atoms with Gasteiger partial charge in [0.25, 0.3) is 0 Å². The van der Waals surface area contributed by atoms with E-state index in [0.717, 1.165) is 11.3 Å². The number of aryl methyl sites for hydroxylation is 2. The molecule has 6 heteroatoms. The van der Waals surface area contributed by atoms with Gasteiger partial charge in [0.2, 0.25) is 5.91 Å². The summed E-state index contributed by atoms with van der Waals surface area (Å²) < 4.78 is 14.8. The fourth-order valence-corrected chi connectivity index (χ4v) is 2.63. The zero-order valence-electron chi connectivity index (χ0n) is 14.2. The van der Waals surface area contributed by atoms with Crippen molar-refractivity contribution in [3.63, 3.8) is 0 Å². The second kappa shape index (κ2) is 7.62. The van der Waals surface area contributed by atoms with Crippen LogP contribution in [0, 0.1) is 25.6 Å². The fourth-order valence-electron chi connectivity index (χ4n) is 2.32. The standard InChI is InChI=1S/C18H21ClFN3O/c1-11(2)10-23-18(19)15(13(4)22-23)6-8-17(24)21-16-7-5-14(20)9-12(16)3/h5-9,11H,10H2,1-4H3,(H,21,24)/b8-6+. The maximum atomic E-state index is 13.1. The Morgan fingerprint density at radius 3 is 2.75 bits per heavy atom. The Kier molecular flexibility index (Phi) is 5.78. The van der Waals surface area contributed by atoms with E-state index in [1.165, 1.54) is 24.3 Å². The quantitative estimate of drug-likeness (QED) is 0.802. The number of nitrogens with one attached hydrogen (secondary N) is 1. The van der Waals surface area contributed by atoms with Crippen LogP contribution in [0.15, 0.2) is 24.3 Å². The highest BCUT2D eigenvalue weighted by atomic mass is 35.5. The number of hydrogen-bond donors (Lipinski definition) is 1. The van der Waals surface area contributed by atoms with E-state index in [2.05, 4.69) is 24.3 Å². The van der Waals surface area contributed by atoms with E-state index in [9.17, 15) is 9.18 Å². The molecular weight excluding hydrogens is 329 g/mol. The van der Waals surface area contributed by atoms with Gasteiger partial charge in [-0.2, -0.15) is 5.10 Å². The highest BCUT2D eigenvalue weighted by Gasteiger charge is 2.12. The van der Waals surface area contributed by atoms with Crippen LogP contribution in [0.25, 0.3) is 6.08 Å². The first-order valence-electron chi connectivity index (χ1n) is 7.76. The lowest BCUT2D eigenvalue weighted by Gasteiger charge is -2.06. The number of amides is 1. The Morgan fingerprint density at radius 1 is 1.42 bits per heavy atom. The molecule has 1 aromatic heterocycles. The molecule has 2 rings (SSSR count). The van der Waals surface area contributed by atoms with Gasteiger partial charge >= 0.3 is 0 Å². The normalized spacial score (nSPS) is 11.5. The lowest BCUT2D eigenvalue weighted by atomic mass is 10.2.